The molecule has 1 aliphatic rings. The molecular formula is C17H25IN6O2. The predicted octanol–water partition coefficient (Wildman–Crippen LogP) is 1.73. The monoisotopic (exact) mass is 472 g/mol. The molecule has 1 aliphatic heterocycles. The molecule has 26 heavy (non-hydrogen) atoms. The van der Waals surface area contributed by atoms with Crippen LogP contribution in [0.15, 0.2) is 40.2 Å². The minimum Gasteiger partial charge on any atom is -0.378 e. The van der Waals surface area contributed by atoms with Crippen LogP contribution in [0.2, 0.25) is 0 Å². The van der Waals surface area contributed by atoms with E-state index < -0.39 is 0 Å². The highest BCUT2D eigenvalue weighted by atomic mass is 127. The van der Waals surface area contributed by atoms with Crippen LogP contribution in [0.4, 0.5) is 5.82 Å². The van der Waals surface area contributed by atoms with E-state index in [1.807, 2.05) is 24.2 Å². The number of nitrogens with zero attached hydrogens (tertiary/aromatic N) is 5. The molecule has 9 heteroatoms. The van der Waals surface area contributed by atoms with Crippen LogP contribution >= 0.6 is 24.0 Å². The third-order valence-electron chi connectivity index (χ3n) is 4.06. The molecule has 0 amide bonds. The molecule has 0 aromatic carbocycles. The Morgan fingerprint density at radius 1 is 1.31 bits per heavy atom. The van der Waals surface area contributed by atoms with Gasteiger partial charge in [0.25, 0.3) is 0 Å². The third kappa shape index (κ3) is 5.56. The van der Waals surface area contributed by atoms with E-state index in [4.69, 9.17) is 9.26 Å². The molecule has 0 atom stereocenters. The van der Waals surface area contributed by atoms with Crippen LogP contribution in [0.25, 0.3) is 0 Å². The van der Waals surface area contributed by atoms with Crippen LogP contribution in [0, 0.1) is 0 Å². The Balaban J connectivity index is 0.00000243. The van der Waals surface area contributed by atoms with E-state index in [9.17, 15) is 0 Å². The molecule has 0 spiro atoms. The van der Waals surface area contributed by atoms with E-state index in [0.717, 1.165) is 49.3 Å². The van der Waals surface area contributed by atoms with E-state index >= 15 is 0 Å². The van der Waals surface area contributed by atoms with Crippen molar-refractivity contribution < 1.29 is 9.26 Å². The minimum absolute atomic E-state index is 0. The number of morpholine rings is 1. The topological polar surface area (TPSA) is 79.0 Å². The molecule has 0 unspecified atom stereocenters. The van der Waals surface area contributed by atoms with Gasteiger partial charge in [0.2, 0.25) is 0 Å². The van der Waals surface area contributed by atoms with Crippen LogP contribution in [-0.4, -0.2) is 61.4 Å². The van der Waals surface area contributed by atoms with E-state index in [0.29, 0.717) is 13.1 Å². The average Bonchev–Trinajstić information content (AvgIpc) is 3.16. The molecule has 2 aromatic rings. The first-order valence-electron chi connectivity index (χ1n) is 8.35. The van der Waals surface area contributed by atoms with Gasteiger partial charge in [0, 0.05) is 46.0 Å². The van der Waals surface area contributed by atoms with Crippen LogP contribution in [0.3, 0.4) is 0 Å². The molecule has 2 aromatic heterocycles. The van der Waals surface area contributed by atoms with Crippen molar-refractivity contribution in [2.24, 2.45) is 4.99 Å². The second kappa shape index (κ2) is 10.3. The van der Waals surface area contributed by atoms with Crippen LogP contribution in [0.5, 0.6) is 0 Å². The van der Waals surface area contributed by atoms with Crippen molar-refractivity contribution in [1.82, 2.24) is 20.4 Å². The standard InChI is InChI=1S/C17H24N6O2.HI/c1-18-17(22(2)13-15-5-8-25-21-15)20-12-14-3-4-16(19-11-14)23-6-9-24-10-7-23;/h3-5,8,11H,6-7,9-10,12-13H2,1-2H3,(H,18,20);1H. The molecule has 0 aliphatic carbocycles. The zero-order chi connectivity index (χ0) is 17.5. The number of anilines is 1. The fourth-order valence-electron chi connectivity index (χ4n) is 2.70. The summed E-state index contributed by atoms with van der Waals surface area (Å²) in [5.74, 6) is 1.79. The van der Waals surface area contributed by atoms with Crippen molar-refractivity contribution in [2.75, 3.05) is 45.3 Å². The summed E-state index contributed by atoms with van der Waals surface area (Å²) in [6, 6.07) is 6.00. The van der Waals surface area contributed by atoms with Crippen LogP contribution < -0.4 is 10.2 Å². The number of hydrogen-bond acceptors (Lipinski definition) is 6. The molecular weight excluding hydrogens is 447 g/mol. The lowest BCUT2D eigenvalue weighted by molar-refractivity contribution is 0.122. The highest BCUT2D eigenvalue weighted by Crippen LogP contribution is 2.13. The molecule has 8 nitrogen and oxygen atoms in total. The van der Waals surface area contributed by atoms with Crippen molar-refractivity contribution in [1.29, 1.82) is 0 Å². The first kappa shape index (κ1) is 20.4. The molecule has 142 valence electrons. The lowest BCUT2D eigenvalue weighted by atomic mass is 10.2. The number of pyridine rings is 1. The summed E-state index contributed by atoms with van der Waals surface area (Å²) in [7, 11) is 3.73. The van der Waals surface area contributed by atoms with Crippen molar-refractivity contribution in [3.63, 3.8) is 0 Å². The quantitative estimate of drug-likeness (QED) is 0.404. The van der Waals surface area contributed by atoms with Crippen molar-refractivity contribution >= 4 is 35.8 Å². The SMILES string of the molecule is CN=C(NCc1ccc(N2CCOCC2)nc1)N(C)Cc1ccon1.I. The number of ether oxygens (including phenoxy) is 1. The summed E-state index contributed by atoms with van der Waals surface area (Å²) in [5, 5.41) is 7.26. The zero-order valence-corrected chi connectivity index (χ0v) is 17.4. The van der Waals surface area contributed by atoms with Gasteiger partial charge < -0.3 is 24.4 Å². The van der Waals surface area contributed by atoms with Crippen LogP contribution in [0.1, 0.15) is 11.3 Å². The average molecular weight is 472 g/mol. The van der Waals surface area contributed by atoms with Gasteiger partial charge in [-0.2, -0.15) is 0 Å². The predicted molar refractivity (Wildman–Crippen MR) is 111 cm³/mol. The molecule has 3 rings (SSSR count). The molecule has 1 fully saturated rings. The number of guanidine groups is 1. The lowest BCUT2D eigenvalue weighted by Crippen LogP contribution is -2.38. The van der Waals surface area contributed by atoms with Gasteiger partial charge in [0.05, 0.1) is 19.8 Å². The normalized spacial score (nSPS) is 14.7. The second-order valence-corrected chi connectivity index (χ2v) is 5.87. The Hall–Kier alpha value is -1.88. The number of halogens is 1. The van der Waals surface area contributed by atoms with Gasteiger partial charge in [0.15, 0.2) is 5.96 Å². The number of aromatic nitrogens is 2. The number of nitrogens with one attached hydrogen (secondary N) is 1. The van der Waals surface area contributed by atoms with E-state index in [1.165, 1.54) is 0 Å². The highest BCUT2D eigenvalue weighted by molar-refractivity contribution is 14.0. The third-order valence-corrected chi connectivity index (χ3v) is 4.06. The maximum Gasteiger partial charge on any atom is 0.194 e. The maximum atomic E-state index is 5.37. The summed E-state index contributed by atoms with van der Waals surface area (Å²) in [5.41, 5.74) is 1.97. The summed E-state index contributed by atoms with van der Waals surface area (Å²) < 4.78 is 10.2. The zero-order valence-electron chi connectivity index (χ0n) is 15.1. The van der Waals surface area contributed by atoms with Crippen molar-refractivity contribution in [3.8, 4) is 0 Å². The van der Waals surface area contributed by atoms with E-state index in [-0.39, 0.29) is 24.0 Å². The summed E-state index contributed by atoms with van der Waals surface area (Å²) in [6.45, 7) is 4.60. The Kier molecular flexibility index (Phi) is 8.10. The number of rotatable bonds is 5. The molecule has 0 bridgehead atoms. The summed E-state index contributed by atoms with van der Waals surface area (Å²) >= 11 is 0. The summed E-state index contributed by atoms with van der Waals surface area (Å²) in [4.78, 5) is 13.1. The van der Waals surface area contributed by atoms with Gasteiger partial charge in [-0.25, -0.2) is 4.98 Å². The molecule has 0 saturated carbocycles. The summed E-state index contributed by atoms with van der Waals surface area (Å²) in [6.07, 6.45) is 3.48. The van der Waals surface area contributed by atoms with Crippen molar-refractivity contribution in [3.05, 3.63) is 41.9 Å². The van der Waals surface area contributed by atoms with Gasteiger partial charge in [-0.05, 0) is 11.6 Å². The lowest BCUT2D eigenvalue weighted by Gasteiger charge is -2.27. The first-order valence-corrected chi connectivity index (χ1v) is 8.35. The number of aliphatic imine (C=N–C) groups is 1. The van der Waals surface area contributed by atoms with Crippen molar-refractivity contribution in [2.45, 2.75) is 13.1 Å². The Labute approximate surface area is 170 Å². The largest absolute Gasteiger partial charge is 0.378 e. The highest BCUT2D eigenvalue weighted by Gasteiger charge is 2.12. The van der Waals surface area contributed by atoms with Crippen LogP contribution in [-0.2, 0) is 17.8 Å². The van der Waals surface area contributed by atoms with Gasteiger partial charge in [-0.1, -0.05) is 11.2 Å². The smallest absolute Gasteiger partial charge is 0.194 e. The number of hydrogen-bond donors (Lipinski definition) is 1. The van der Waals surface area contributed by atoms with Gasteiger partial charge in [-0.15, -0.1) is 24.0 Å². The van der Waals surface area contributed by atoms with E-state index in [1.54, 1.807) is 13.3 Å². The van der Waals surface area contributed by atoms with Gasteiger partial charge in [0.1, 0.15) is 17.8 Å². The molecule has 1 saturated heterocycles. The Bertz CT molecular complexity index is 671. The fraction of sp³-hybridized carbons (Fsp3) is 0.471. The fourth-order valence-corrected chi connectivity index (χ4v) is 2.70. The second-order valence-electron chi connectivity index (χ2n) is 5.87. The van der Waals surface area contributed by atoms with E-state index in [2.05, 4.69) is 37.5 Å². The molecule has 3 heterocycles. The first-order chi connectivity index (χ1) is 12.3. The minimum atomic E-state index is 0. The van der Waals surface area contributed by atoms with Gasteiger partial charge in [-0.3, -0.25) is 4.99 Å². The maximum absolute atomic E-state index is 5.37. The molecule has 1 N–H and O–H groups in total. The Morgan fingerprint density at radius 3 is 2.73 bits per heavy atom. The molecule has 0 radical (unpaired) electrons. The van der Waals surface area contributed by atoms with Gasteiger partial charge >= 0.3 is 0 Å². The Morgan fingerprint density at radius 2 is 2.12 bits per heavy atom.